The van der Waals surface area contributed by atoms with Gasteiger partial charge in [-0.3, -0.25) is 0 Å². The van der Waals surface area contributed by atoms with E-state index in [0.29, 0.717) is 19.1 Å². The first-order valence-corrected chi connectivity index (χ1v) is 8.82. The van der Waals surface area contributed by atoms with E-state index < -0.39 is 10.0 Å². The van der Waals surface area contributed by atoms with Gasteiger partial charge in [-0.25, -0.2) is 13.1 Å². The van der Waals surface area contributed by atoms with Crippen LogP contribution in [0.2, 0.25) is 0 Å². The fraction of sp³-hybridized carbons (Fsp3) is 1.00. The van der Waals surface area contributed by atoms with Gasteiger partial charge in [0.1, 0.15) is 0 Å². The molecule has 0 saturated heterocycles. The van der Waals surface area contributed by atoms with Crippen LogP contribution >= 0.6 is 0 Å². The maximum Gasteiger partial charge on any atom is 0.211 e. The Morgan fingerprint density at radius 1 is 1.26 bits per heavy atom. The molecular weight excluding hydrogens is 264 g/mol. The molecule has 1 rings (SSSR count). The number of methoxy groups -OCH3 is 1. The maximum absolute atomic E-state index is 11.9. The van der Waals surface area contributed by atoms with Crippen molar-refractivity contribution in [3.8, 4) is 0 Å². The summed E-state index contributed by atoms with van der Waals surface area (Å²) in [5.41, 5.74) is 0. The fourth-order valence-electron chi connectivity index (χ4n) is 1.84. The molecule has 1 aliphatic carbocycles. The summed E-state index contributed by atoms with van der Waals surface area (Å²) in [5.74, 6) is 0.429. The predicted octanol–water partition coefficient (Wildman–Crippen LogP) is 1.11. The average molecular weight is 292 g/mol. The van der Waals surface area contributed by atoms with E-state index in [0.717, 1.165) is 13.0 Å². The van der Waals surface area contributed by atoms with E-state index in [2.05, 4.69) is 10.0 Å². The molecule has 0 radical (unpaired) electrons. The first-order valence-electron chi connectivity index (χ1n) is 7.17. The Morgan fingerprint density at radius 3 is 2.47 bits per heavy atom. The number of ether oxygens (including phenoxy) is 1. The highest BCUT2D eigenvalue weighted by atomic mass is 32.2. The zero-order chi connectivity index (χ0) is 14.3. The molecule has 6 heteroatoms. The number of rotatable bonds is 11. The third-order valence-electron chi connectivity index (χ3n) is 3.33. The Hall–Kier alpha value is -0.170. The molecule has 1 unspecified atom stereocenters. The third kappa shape index (κ3) is 7.87. The van der Waals surface area contributed by atoms with E-state index in [9.17, 15) is 8.42 Å². The smallest absolute Gasteiger partial charge is 0.211 e. The zero-order valence-electron chi connectivity index (χ0n) is 12.3. The molecule has 2 N–H and O–H groups in total. The van der Waals surface area contributed by atoms with E-state index >= 15 is 0 Å². The number of nitrogens with one attached hydrogen (secondary N) is 2. The summed E-state index contributed by atoms with van der Waals surface area (Å²) >= 11 is 0. The lowest BCUT2D eigenvalue weighted by atomic mass is 10.1. The summed E-state index contributed by atoms with van der Waals surface area (Å²) in [6.45, 7) is 5.32. The van der Waals surface area contributed by atoms with E-state index in [1.165, 1.54) is 12.8 Å². The van der Waals surface area contributed by atoms with Gasteiger partial charge in [0, 0.05) is 19.2 Å². The van der Waals surface area contributed by atoms with Crippen LogP contribution in [0.1, 0.15) is 39.5 Å². The van der Waals surface area contributed by atoms with Crippen LogP contribution in [0.15, 0.2) is 0 Å². The summed E-state index contributed by atoms with van der Waals surface area (Å²) in [6, 6.07) is 0.557. The number of unbranched alkanes of at least 4 members (excludes halogenated alkanes) is 1. The lowest BCUT2D eigenvalue weighted by molar-refractivity contribution is 0.157. The Labute approximate surface area is 117 Å². The first kappa shape index (κ1) is 16.9. The summed E-state index contributed by atoms with van der Waals surface area (Å²) in [4.78, 5) is 0. The molecule has 0 aliphatic heterocycles. The first-order chi connectivity index (χ1) is 8.94. The van der Waals surface area contributed by atoms with Crippen LogP contribution in [-0.2, 0) is 14.8 Å². The van der Waals surface area contributed by atoms with Gasteiger partial charge in [-0.15, -0.1) is 0 Å². The van der Waals surface area contributed by atoms with Crippen LogP contribution in [0.4, 0.5) is 0 Å². The third-order valence-corrected chi connectivity index (χ3v) is 4.82. The second-order valence-electron chi connectivity index (χ2n) is 5.68. The predicted molar refractivity (Wildman–Crippen MR) is 77.7 cm³/mol. The number of hydrogen-bond donors (Lipinski definition) is 2. The van der Waals surface area contributed by atoms with Crippen LogP contribution < -0.4 is 10.0 Å². The topological polar surface area (TPSA) is 67.4 Å². The molecule has 0 bridgehead atoms. The molecule has 5 nitrogen and oxygen atoms in total. The van der Waals surface area contributed by atoms with Crippen molar-refractivity contribution in [2.24, 2.45) is 5.92 Å². The van der Waals surface area contributed by atoms with Crippen molar-refractivity contribution in [1.29, 1.82) is 0 Å². The van der Waals surface area contributed by atoms with Gasteiger partial charge in [0.15, 0.2) is 0 Å². The van der Waals surface area contributed by atoms with E-state index in [-0.39, 0.29) is 17.7 Å². The maximum atomic E-state index is 11.9. The van der Waals surface area contributed by atoms with Crippen molar-refractivity contribution in [3.05, 3.63) is 0 Å². The molecule has 0 aromatic carbocycles. The van der Waals surface area contributed by atoms with Crippen LogP contribution in [0.3, 0.4) is 0 Å². The van der Waals surface area contributed by atoms with Crippen LogP contribution in [0.5, 0.6) is 0 Å². The molecule has 1 atom stereocenters. The molecule has 114 valence electrons. The summed E-state index contributed by atoms with van der Waals surface area (Å²) in [5, 5.41) is 3.39. The fourth-order valence-corrected chi connectivity index (χ4v) is 3.35. The molecular formula is C13H28N2O3S. The van der Waals surface area contributed by atoms with Crippen molar-refractivity contribution >= 4 is 10.0 Å². The summed E-state index contributed by atoms with van der Waals surface area (Å²) in [7, 11) is -1.60. The van der Waals surface area contributed by atoms with E-state index in [1.807, 2.05) is 13.8 Å². The van der Waals surface area contributed by atoms with Gasteiger partial charge >= 0.3 is 0 Å². The van der Waals surface area contributed by atoms with Crippen molar-refractivity contribution in [1.82, 2.24) is 10.0 Å². The van der Waals surface area contributed by atoms with Crippen molar-refractivity contribution in [2.45, 2.75) is 51.6 Å². The Morgan fingerprint density at radius 2 is 1.95 bits per heavy atom. The lowest BCUT2D eigenvalue weighted by Gasteiger charge is -2.21. The minimum atomic E-state index is -3.19. The minimum absolute atomic E-state index is 0.139. The van der Waals surface area contributed by atoms with Crippen molar-refractivity contribution < 1.29 is 13.2 Å². The SMILES string of the molecule is COCC(NS(=O)(=O)CCCCNC1CC1)C(C)C. The second-order valence-corrected chi connectivity index (χ2v) is 7.55. The quantitative estimate of drug-likeness (QED) is 0.560. The van der Waals surface area contributed by atoms with E-state index in [4.69, 9.17) is 4.74 Å². The molecule has 1 aliphatic rings. The van der Waals surface area contributed by atoms with Gasteiger partial charge in [-0.2, -0.15) is 0 Å². The molecule has 0 heterocycles. The van der Waals surface area contributed by atoms with Gasteiger partial charge in [-0.1, -0.05) is 13.8 Å². The van der Waals surface area contributed by atoms with Crippen LogP contribution in [0.25, 0.3) is 0 Å². The zero-order valence-corrected chi connectivity index (χ0v) is 13.1. The number of sulfonamides is 1. The lowest BCUT2D eigenvalue weighted by Crippen LogP contribution is -2.42. The highest BCUT2D eigenvalue weighted by Gasteiger charge is 2.21. The largest absolute Gasteiger partial charge is 0.383 e. The average Bonchev–Trinajstić information content (AvgIpc) is 3.11. The monoisotopic (exact) mass is 292 g/mol. The Balaban J connectivity index is 2.20. The van der Waals surface area contributed by atoms with Gasteiger partial charge in [0.2, 0.25) is 10.0 Å². The molecule has 0 amide bonds. The van der Waals surface area contributed by atoms with Crippen molar-refractivity contribution in [3.63, 3.8) is 0 Å². The Kier molecular flexibility index (Phi) is 7.28. The van der Waals surface area contributed by atoms with Crippen LogP contribution in [-0.4, -0.2) is 46.5 Å². The minimum Gasteiger partial charge on any atom is -0.383 e. The normalized spacial score (nSPS) is 17.9. The molecule has 19 heavy (non-hydrogen) atoms. The second kappa shape index (κ2) is 8.19. The molecule has 0 aromatic heterocycles. The van der Waals surface area contributed by atoms with Crippen molar-refractivity contribution in [2.75, 3.05) is 26.0 Å². The van der Waals surface area contributed by atoms with Gasteiger partial charge in [-0.05, 0) is 38.1 Å². The molecule has 0 aromatic rings. The molecule has 0 spiro atoms. The molecule has 1 saturated carbocycles. The van der Waals surface area contributed by atoms with Crippen LogP contribution in [0, 0.1) is 5.92 Å². The summed E-state index contributed by atoms with van der Waals surface area (Å²) in [6.07, 6.45) is 4.15. The summed E-state index contributed by atoms with van der Waals surface area (Å²) < 4.78 is 31.7. The van der Waals surface area contributed by atoms with Gasteiger partial charge in [0.25, 0.3) is 0 Å². The Bertz CT molecular complexity index is 340. The van der Waals surface area contributed by atoms with Gasteiger partial charge < -0.3 is 10.1 Å². The molecule has 1 fully saturated rings. The highest BCUT2D eigenvalue weighted by Crippen LogP contribution is 2.18. The highest BCUT2D eigenvalue weighted by molar-refractivity contribution is 7.89. The standard InChI is InChI=1S/C13H28N2O3S/c1-11(2)13(10-18-3)15-19(16,17)9-5-4-8-14-12-6-7-12/h11-15H,4-10H2,1-3H3. The van der Waals surface area contributed by atoms with E-state index in [1.54, 1.807) is 7.11 Å². The van der Waals surface area contributed by atoms with Gasteiger partial charge in [0.05, 0.1) is 12.4 Å². The number of hydrogen-bond acceptors (Lipinski definition) is 4.